The number of fused-ring (bicyclic) bond motifs is 1. The van der Waals surface area contributed by atoms with Crippen LogP contribution >= 0.6 is 11.8 Å². The number of hydrogen-bond acceptors (Lipinski definition) is 7. The van der Waals surface area contributed by atoms with Crippen molar-refractivity contribution < 1.29 is 29.0 Å². The number of nitrogens with zero attached hydrogens (tertiary/aromatic N) is 2. The first-order valence-corrected chi connectivity index (χ1v) is 10.2. The van der Waals surface area contributed by atoms with E-state index in [1.165, 1.54) is 4.90 Å². The summed E-state index contributed by atoms with van der Waals surface area (Å²) in [6.07, 6.45) is 0.280. The van der Waals surface area contributed by atoms with Crippen LogP contribution in [-0.4, -0.2) is 39.8 Å². The average Bonchev–Trinajstić information content (AvgIpc) is 3.12. The molecule has 0 saturated carbocycles. The molecule has 2 heterocycles. The molecule has 9 heteroatoms. The molecule has 2 atom stereocenters. The van der Waals surface area contributed by atoms with Gasteiger partial charge in [0.15, 0.2) is 10.8 Å². The maximum Gasteiger partial charge on any atom is 0.357 e. The van der Waals surface area contributed by atoms with E-state index in [1.54, 1.807) is 54.6 Å². The fourth-order valence-corrected chi connectivity index (χ4v) is 4.72. The molecule has 0 bridgehead atoms. The molecule has 1 amide bonds. The van der Waals surface area contributed by atoms with E-state index >= 15 is 0 Å². The number of hydrogen-bond donors (Lipinski definition) is 1. The minimum atomic E-state index is -1.26. The molecule has 0 aliphatic carbocycles. The zero-order valence-electron chi connectivity index (χ0n) is 16.1. The van der Waals surface area contributed by atoms with Crippen LogP contribution in [0.1, 0.15) is 22.3 Å². The van der Waals surface area contributed by atoms with Gasteiger partial charge in [-0.2, -0.15) is 5.26 Å². The predicted molar refractivity (Wildman–Crippen MR) is 110 cm³/mol. The van der Waals surface area contributed by atoms with Crippen molar-refractivity contribution in [2.24, 2.45) is 5.92 Å². The highest BCUT2D eigenvalue weighted by Crippen LogP contribution is 2.50. The van der Waals surface area contributed by atoms with Gasteiger partial charge in [0.1, 0.15) is 11.1 Å². The molecule has 0 unspecified atom stereocenters. The average molecular weight is 436 g/mol. The van der Waals surface area contributed by atoms with Gasteiger partial charge in [-0.25, -0.2) is 9.59 Å². The number of nitriles is 1. The summed E-state index contributed by atoms with van der Waals surface area (Å²) in [5, 5.41) is 18.1. The van der Waals surface area contributed by atoms with Crippen LogP contribution in [0.25, 0.3) is 0 Å². The van der Waals surface area contributed by atoms with Crippen molar-refractivity contribution in [1.29, 1.82) is 5.26 Å². The number of carbonyl (C=O) groups excluding carboxylic acids is 2. The molecular formula is C22H16N2O6S. The van der Waals surface area contributed by atoms with Gasteiger partial charge in [-0.15, -0.1) is 0 Å². The van der Waals surface area contributed by atoms with E-state index < -0.39 is 23.2 Å². The Bertz CT molecular complexity index is 1110. The smallest absolute Gasteiger partial charge is 0.357 e. The van der Waals surface area contributed by atoms with Crippen LogP contribution in [-0.2, 0) is 14.3 Å². The lowest BCUT2D eigenvalue weighted by Crippen LogP contribution is -2.57. The van der Waals surface area contributed by atoms with Gasteiger partial charge in [-0.05, 0) is 42.8 Å². The first kappa shape index (κ1) is 20.5. The topological polar surface area (TPSA) is 117 Å². The van der Waals surface area contributed by atoms with E-state index in [4.69, 9.17) is 14.7 Å². The van der Waals surface area contributed by atoms with Crippen molar-refractivity contribution in [3.8, 4) is 11.8 Å². The molecule has 0 aromatic heterocycles. The number of amides is 1. The third kappa shape index (κ3) is 3.98. The first-order valence-electron chi connectivity index (χ1n) is 9.37. The number of benzene rings is 2. The second-order valence-electron chi connectivity index (χ2n) is 6.79. The standard InChI is InChI=1S/C22H16N2O6S/c23-12-13-6-8-15(9-7-13)30-22-17(20(26)27)24-18(25)16(19(24)31-22)10-11-29-21(28)14-4-2-1-3-5-14/h1-9,16,19H,10-11H2,(H,26,27)/t16-,19+/m0/s1. The lowest BCUT2D eigenvalue weighted by atomic mass is 9.94. The number of ether oxygens (including phenoxy) is 2. The van der Waals surface area contributed by atoms with E-state index in [2.05, 4.69) is 0 Å². The quantitative estimate of drug-likeness (QED) is 0.520. The Morgan fingerprint density at radius 2 is 1.84 bits per heavy atom. The summed E-state index contributed by atoms with van der Waals surface area (Å²) in [6, 6.07) is 16.8. The van der Waals surface area contributed by atoms with Crippen molar-refractivity contribution in [2.75, 3.05) is 6.61 Å². The molecule has 1 saturated heterocycles. The SMILES string of the molecule is N#Cc1ccc(OC2=C(C(=O)O)N3C(=O)[C@H](CCOC(=O)c4ccccc4)[C@H]3S2)cc1. The summed E-state index contributed by atoms with van der Waals surface area (Å²) in [5.74, 6) is -2.20. The number of carbonyl (C=O) groups is 3. The fraction of sp³-hybridized carbons (Fsp3) is 0.182. The van der Waals surface area contributed by atoms with Gasteiger partial charge >= 0.3 is 11.9 Å². The van der Waals surface area contributed by atoms with Crippen molar-refractivity contribution in [3.63, 3.8) is 0 Å². The number of β-lactam (4-membered cyclic amide) rings is 1. The molecular weight excluding hydrogens is 420 g/mol. The summed E-state index contributed by atoms with van der Waals surface area (Å²) in [6.45, 7) is 0.0449. The summed E-state index contributed by atoms with van der Waals surface area (Å²) in [4.78, 5) is 37.6. The molecule has 31 heavy (non-hydrogen) atoms. The Kier molecular flexibility index (Phi) is 5.64. The van der Waals surface area contributed by atoms with Crippen molar-refractivity contribution in [1.82, 2.24) is 4.90 Å². The number of esters is 1. The fourth-order valence-electron chi connectivity index (χ4n) is 3.33. The van der Waals surface area contributed by atoms with E-state index in [-0.39, 0.29) is 29.7 Å². The van der Waals surface area contributed by atoms with Crippen LogP contribution in [0.3, 0.4) is 0 Å². The molecule has 4 rings (SSSR count). The van der Waals surface area contributed by atoms with E-state index in [0.29, 0.717) is 16.9 Å². The van der Waals surface area contributed by atoms with Crippen LogP contribution in [0.2, 0.25) is 0 Å². The Morgan fingerprint density at radius 3 is 2.48 bits per heavy atom. The molecule has 2 aliphatic heterocycles. The molecule has 1 N–H and O–H groups in total. The lowest BCUT2D eigenvalue weighted by molar-refractivity contribution is -0.152. The predicted octanol–water partition coefficient (Wildman–Crippen LogP) is 2.97. The Hall–Kier alpha value is -3.77. The van der Waals surface area contributed by atoms with Crippen molar-refractivity contribution in [3.05, 3.63) is 76.5 Å². The van der Waals surface area contributed by atoms with Crippen LogP contribution in [0, 0.1) is 17.2 Å². The van der Waals surface area contributed by atoms with Crippen molar-refractivity contribution >= 4 is 29.6 Å². The van der Waals surface area contributed by atoms with Gasteiger partial charge in [0.25, 0.3) is 0 Å². The van der Waals surface area contributed by atoms with Gasteiger partial charge in [-0.1, -0.05) is 30.0 Å². The highest BCUT2D eigenvalue weighted by Gasteiger charge is 2.56. The molecule has 1 fully saturated rings. The van der Waals surface area contributed by atoms with Gasteiger partial charge in [-0.3, -0.25) is 9.69 Å². The third-order valence-corrected chi connectivity index (χ3v) is 6.16. The summed E-state index contributed by atoms with van der Waals surface area (Å²) < 4.78 is 10.9. The highest BCUT2D eigenvalue weighted by atomic mass is 32.2. The normalized spacial score (nSPS) is 19.3. The summed E-state index contributed by atoms with van der Waals surface area (Å²) >= 11 is 1.14. The highest BCUT2D eigenvalue weighted by molar-refractivity contribution is 8.03. The van der Waals surface area contributed by atoms with Gasteiger partial charge in [0.05, 0.1) is 29.7 Å². The van der Waals surface area contributed by atoms with Gasteiger partial charge in [0, 0.05) is 0 Å². The Morgan fingerprint density at radius 1 is 1.13 bits per heavy atom. The summed E-state index contributed by atoms with van der Waals surface area (Å²) in [7, 11) is 0. The number of carboxylic acids is 1. The van der Waals surface area contributed by atoms with Crippen LogP contribution < -0.4 is 4.74 Å². The lowest BCUT2D eigenvalue weighted by Gasteiger charge is -2.41. The number of aliphatic carboxylic acids is 1. The van der Waals surface area contributed by atoms with Crippen LogP contribution in [0.15, 0.2) is 65.4 Å². The monoisotopic (exact) mass is 436 g/mol. The maximum atomic E-state index is 12.6. The Labute approximate surface area is 181 Å². The molecule has 156 valence electrons. The molecule has 2 aromatic rings. The maximum absolute atomic E-state index is 12.6. The third-order valence-electron chi connectivity index (χ3n) is 4.88. The largest absolute Gasteiger partial charge is 0.476 e. The minimum Gasteiger partial charge on any atom is -0.476 e. The van der Waals surface area contributed by atoms with E-state index in [0.717, 1.165) is 11.8 Å². The summed E-state index contributed by atoms with van der Waals surface area (Å²) in [5.41, 5.74) is 0.664. The number of rotatable bonds is 7. The van der Waals surface area contributed by atoms with Gasteiger partial charge < -0.3 is 14.6 Å². The number of carboxylic acid groups (broad SMARTS) is 1. The second-order valence-corrected chi connectivity index (χ2v) is 7.88. The molecule has 2 aromatic carbocycles. The van der Waals surface area contributed by atoms with Crippen LogP contribution in [0.4, 0.5) is 0 Å². The van der Waals surface area contributed by atoms with Crippen molar-refractivity contribution in [2.45, 2.75) is 11.8 Å². The zero-order valence-corrected chi connectivity index (χ0v) is 16.9. The van der Waals surface area contributed by atoms with Gasteiger partial charge in [0.2, 0.25) is 5.91 Å². The first-order chi connectivity index (χ1) is 15.0. The number of thioether (sulfide) groups is 1. The molecule has 8 nitrogen and oxygen atoms in total. The molecule has 0 spiro atoms. The van der Waals surface area contributed by atoms with E-state index in [9.17, 15) is 19.5 Å². The van der Waals surface area contributed by atoms with E-state index in [1.807, 2.05) is 6.07 Å². The Balaban J connectivity index is 1.39. The molecule has 2 aliphatic rings. The second kappa shape index (κ2) is 8.53. The van der Waals surface area contributed by atoms with Crippen LogP contribution in [0.5, 0.6) is 5.75 Å². The molecule has 0 radical (unpaired) electrons. The zero-order chi connectivity index (χ0) is 22.0. The minimum absolute atomic E-state index is 0.0449.